The first-order chi connectivity index (χ1) is 10.6. The van der Waals surface area contributed by atoms with Crippen LogP contribution < -0.4 is 10.3 Å². The number of hydrogen-bond donors (Lipinski definition) is 4. The average Bonchev–Trinajstić information content (AvgIpc) is 2.37. The van der Waals surface area contributed by atoms with Crippen molar-refractivity contribution in [3.63, 3.8) is 0 Å². The van der Waals surface area contributed by atoms with Crippen LogP contribution in [-0.2, 0) is 0 Å². The molecule has 0 unspecified atom stereocenters. The zero-order chi connectivity index (χ0) is 17.9. The van der Waals surface area contributed by atoms with Crippen LogP contribution in [0, 0.1) is 5.82 Å². The van der Waals surface area contributed by atoms with E-state index in [-0.39, 0.29) is 6.04 Å². The summed E-state index contributed by atoms with van der Waals surface area (Å²) in [5.74, 6) is -3.07. The Labute approximate surface area is 132 Å². The van der Waals surface area contributed by atoms with Gasteiger partial charge in [-0.2, -0.15) is 14.4 Å². The van der Waals surface area contributed by atoms with Crippen LogP contribution in [0.1, 0.15) is 13.8 Å². The Kier molecular flexibility index (Phi) is 5.46. The van der Waals surface area contributed by atoms with Gasteiger partial charge in [-0.1, -0.05) is 0 Å². The molecule has 1 heterocycles. The molecule has 11 nitrogen and oxygen atoms in total. The summed E-state index contributed by atoms with van der Waals surface area (Å²) in [7, 11) is 0. The van der Waals surface area contributed by atoms with Crippen molar-refractivity contribution in [3.05, 3.63) is 11.1 Å². The van der Waals surface area contributed by atoms with Crippen LogP contribution in [0.25, 0.3) is 0 Å². The van der Waals surface area contributed by atoms with Gasteiger partial charge < -0.3 is 20.6 Å². The van der Waals surface area contributed by atoms with E-state index in [2.05, 4.69) is 15.3 Å². The van der Waals surface area contributed by atoms with Crippen molar-refractivity contribution in [1.29, 1.82) is 0 Å². The van der Waals surface area contributed by atoms with Gasteiger partial charge in [0.1, 0.15) is 0 Å². The number of amides is 3. The lowest BCUT2D eigenvalue weighted by Crippen LogP contribution is -2.52. The third-order valence-electron chi connectivity index (χ3n) is 2.18. The van der Waals surface area contributed by atoms with Gasteiger partial charge in [-0.05, 0) is 25.4 Å². The number of carbonyl (C=O) groups is 3. The Hall–Kier alpha value is -2.89. The van der Waals surface area contributed by atoms with Gasteiger partial charge in [0.15, 0.2) is 5.82 Å². The zero-order valence-electron chi connectivity index (χ0n) is 11.7. The molecule has 4 N–H and O–H groups in total. The van der Waals surface area contributed by atoms with Gasteiger partial charge in [0, 0.05) is 6.04 Å². The number of anilines is 2. The number of hydrazine groups is 1. The second-order valence-electron chi connectivity index (χ2n) is 4.25. The maximum Gasteiger partial charge on any atom is 0.437 e. The second kappa shape index (κ2) is 6.91. The Morgan fingerprint density at radius 2 is 1.65 bits per heavy atom. The zero-order valence-corrected chi connectivity index (χ0v) is 12.4. The molecular formula is C10H11ClFN5O6. The van der Waals surface area contributed by atoms with Gasteiger partial charge in [-0.3, -0.25) is 0 Å². The van der Waals surface area contributed by atoms with E-state index in [0.29, 0.717) is 0 Å². The van der Waals surface area contributed by atoms with Gasteiger partial charge >= 0.3 is 18.3 Å². The molecule has 1 aromatic heterocycles. The number of carboxylic acid groups (broad SMARTS) is 3. The largest absolute Gasteiger partial charge is 0.463 e. The molecular weight excluding hydrogens is 341 g/mol. The Bertz CT molecular complexity index is 643. The molecule has 0 aliphatic rings. The molecule has 0 saturated carbocycles. The van der Waals surface area contributed by atoms with Crippen LogP contribution in [-0.4, -0.2) is 54.6 Å². The lowest BCUT2D eigenvalue weighted by molar-refractivity contribution is 0.112. The van der Waals surface area contributed by atoms with E-state index in [1.54, 1.807) is 13.8 Å². The van der Waals surface area contributed by atoms with Crippen LogP contribution in [0.15, 0.2) is 0 Å². The van der Waals surface area contributed by atoms with Gasteiger partial charge in [0.05, 0.1) is 0 Å². The lowest BCUT2D eigenvalue weighted by atomic mass is 10.4. The molecule has 23 heavy (non-hydrogen) atoms. The standard InChI is InChI=1S/C10H11ClFN5O6/c1-3(2)13-5-4(12)6(15-7(11)14-5)16(8(18)19)17(9(20)21)10(22)23/h3H,1-2H3,(H,18,19)(H,20,21)(H,22,23)(H,13,14,15). The maximum absolute atomic E-state index is 14.3. The Morgan fingerprint density at radius 3 is 2.04 bits per heavy atom. The molecule has 1 aromatic rings. The maximum atomic E-state index is 14.3. The number of rotatable bonds is 3. The smallest absolute Gasteiger partial charge is 0.437 e. The van der Waals surface area contributed by atoms with Crippen molar-refractivity contribution in [2.45, 2.75) is 19.9 Å². The first kappa shape index (κ1) is 18.2. The van der Waals surface area contributed by atoms with E-state index in [9.17, 15) is 18.8 Å². The van der Waals surface area contributed by atoms with Crippen LogP contribution >= 0.6 is 11.6 Å². The number of hydrogen-bond acceptors (Lipinski definition) is 6. The van der Waals surface area contributed by atoms with Crippen LogP contribution in [0.2, 0.25) is 5.28 Å². The number of halogens is 2. The summed E-state index contributed by atoms with van der Waals surface area (Å²) in [5.41, 5.74) is 0. The first-order valence-electron chi connectivity index (χ1n) is 5.84. The lowest BCUT2D eigenvalue weighted by Gasteiger charge is -2.25. The molecule has 0 radical (unpaired) electrons. The molecule has 0 aliphatic heterocycles. The predicted molar refractivity (Wildman–Crippen MR) is 74.2 cm³/mol. The summed E-state index contributed by atoms with van der Waals surface area (Å²) in [6.45, 7) is 3.23. The highest BCUT2D eigenvalue weighted by Crippen LogP contribution is 2.26. The second-order valence-corrected chi connectivity index (χ2v) is 4.59. The number of aromatic nitrogens is 2. The van der Waals surface area contributed by atoms with Gasteiger partial charge in [0.2, 0.25) is 16.9 Å². The first-order valence-corrected chi connectivity index (χ1v) is 6.22. The number of imide groups is 1. The third kappa shape index (κ3) is 4.06. The molecule has 0 spiro atoms. The summed E-state index contributed by atoms with van der Waals surface area (Å²) in [6.07, 6.45) is -6.49. The highest BCUT2D eigenvalue weighted by molar-refractivity contribution is 6.28. The minimum absolute atomic E-state index is 0.336. The van der Waals surface area contributed by atoms with Crippen molar-refractivity contribution in [3.8, 4) is 0 Å². The third-order valence-corrected chi connectivity index (χ3v) is 2.35. The normalized spacial score (nSPS) is 10.3. The van der Waals surface area contributed by atoms with Crippen molar-refractivity contribution in [1.82, 2.24) is 15.0 Å². The van der Waals surface area contributed by atoms with Crippen LogP contribution in [0.5, 0.6) is 0 Å². The van der Waals surface area contributed by atoms with Crippen LogP contribution in [0.4, 0.5) is 30.4 Å². The Balaban J connectivity index is 3.55. The van der Waals surface area contributed by atoms with Crippen molar-refractivity contribution in [2.24, 2.45) is 0 Å². The van der Waals surface area contributed by atoms with E-state index in [4.69, 9.17) is 26.9 Å². The minimum Gasteiger partial charge on any atom is -0.463 e. The van der Waals surface area contributed by atoms with Crippen molar-refractivity contribution in [2.75, 3.05) is 10.3 Å². The number of nitrogens with zero attached hydrogens (tertiary/aromatic N) is 4. The fourth-order valence-electron chi connectivity index (χ4n) is 1.44. The summed E-state index contributed by atoms with van der Waals surface area (Å²) in [4.78, 5) is 39.9. The molecule has 0 saturated heterocycles. The molecule has 0 aromatic carbocycles. The van der Waals surface area contributed by atoms with E-state index in [1.165, 1.54) is 0 Å². The number of nitrogens with one attached hydrogen (secondary N) is 1. The summed E-state index contributed by atoms with van der Waals surface area (Å²) in [6, 6.07) is -0.336. The monoisotopic (exact) mass is 351 g/mol. The van der Waals surface area contributed by atoms with Gasteiger partial charge in [-0.15, -0.1) is 10.0 Å². The SMILES string of the molecule is CC(C)Nc1nc(Cl)nc(N(C(=O)O)N(C(=O)O)C(=O)O)c1F. The molecule has 1 rings (SSSR count). The van der Waals surface area contributed by atoms with E-state index < -0.39 is 51.0 Å². The average molecular weight is 352 g/mol. The van der Waals surface area contributed by atoms with Crippen molar-refractivity contribution >= 4 is 41.5 Å². The van der Waals surface area contributed by atoms with Gasteiger partial charge in [0.25, 0.3) is 0 Å². The quantitative estimate of drug-likeness (QED) is 0.473. The minimum atomic E-state index is -2.19. The fourth-order valence-corrected chi connectivity index (χ4v) is 1.61. The molecule has 0 atom stereocenters. The van der Waals surface area contributed by atoms with E-state index in [0.717, 1.165) is 0 Å². The van der Waals surface area contributed by atoms with Gasteiger partial charge in [-0.25, -0.2) is 14.4 Å². The van der Waals surface area contributed by atoms with E-state index in [1.807, 2.05) is 0 Å². The predicted octanol–water partition coefficient (Wildman–Crippen LogP) is 2.15. The van der Waals surface area contributed by atoms with Crippen LogP contribution in [0.3, 0.4) is 0 Å². The van der Waals surface area contributed by atoms with Crippen molar-refractivity contribution < 1.29 is 34.1 Å². The molecule has 13 heteroatoms. The molecule has 0 fully saturated rings. The molecule has 0 aliphatic carbocycles. The van der Waals surface area contributed by atoms with E-state index >= 15 is 0 Å². The topological polar surface area (TPSA) is 156 Å². The summed E-state index contributed by atoms with van der Waals surface area (Å²) < 4.78 is 14.3. The molecule has 0 bridgehead atoms. The summed E-state index contributed by atoms with van der Waals surface area (Å²) >= 11 is 5.56. The Morgan fingerprint density at radius 1 is 1.13 bits per heavy atom. The molecule has 126 valence electrons. The highest BCUT2D eigenvalue weighted by Gasteiger charge is 2.37. The fraction of sp³-hybridized carbons (Fsp3) is 0.300. The highest BCUT2D eigenvalue weighted by atomic mass is 35.5. The summed E-state index contributed by atoms with van der Waals surface area (Å²) in [5, 5.41) is 27.5. The molecule has 3 amide bonds.